The summed E-state index contributed by atoms with van der Waals surface area (Å²) in [7, 11) is 0. The molecule has 148 valence electrons. The van der Waals surface area contributed by atoms with E-state index < -0.39 is 0 Å². The van der Waals surface area contributed by atoms with E-state index in [-0.39, 0.29) is 23.5 Å². The number of aromatic amines is 1. The predicted molar refractivity (Wildman–Crippen MR) is 105 cm³/mol. The van der Waals surface area contributed by atoms with Gasteiger partial charge in [-0.3, -0.25) is 13.8 Å². The van der Waals surface area contributed by atoms with Gasteiger partial charge in [0, 0.05) is 32.3 Å². The Balaban J connectivity index is 1.58. The Labute approximate surface area is 164 Å². The number of hydrogen-bond acceptors (Lipinski definition) is 4. The fraction of sp³-hybridized carbons (Fsp3) is 0.300. The molecule has 0 unspecified atom stereocenters. The van der Waals surface area contributed by atoms with Gasteiger partial charge < -0.3 is 9.88 Å². The third-order valence-electron chi connectivity index (χ3n) is 5.57. The van der Waals surface area contributed by atoms with Crippen LogP contribution in [0, 0.1) is 5.82 Å². The summed E-state index contributed by atoms with van der Waals surface area (Å²) >= 11 is 0. The van der Waals surface area contributed by atoms with Crippen molar-refractivity contribution in [3.8, 4) is 11.4 Å². The van der Waals surface area contributed by atoms with Crippen molar-refractivity contribution in [3.63, 3.8) is 0 Å². The molecule has 0 atom stereocenters. The van der Waals surface area contributed by atoms with Crippen LogP contribution in [0.4, 0.5) is 4.39 Å². The van der Waals surface area contributed by atoms with Crippen LogP contribution in [0.15, 0.2) is 41.5 Å². The van der Waals surface area contributed by atoms with Gasteiger partial charge in [-0.05, 0) is 37.1 Å². The number of hydrogen-bond donors (Lipinski definition) is 1. The summed E-state index contributed by atoms with van der Waals surface area (Å²) < 4.78 is 17.0. The smallest absolute Gasteiger partial charge is 0.327 e. The first-order chi connectivity index (χ1) is 14.0. The molecule has 4 aromatic rings. The zero-order valence-electron chi connectivity index (χ0n) is 15.8. The minimum absolute atomic E-state index is 0.0331. The van der Waals surface area contributed by atoms with Crippen LogP contribution < -0.4 is 5.69 Å². The Morgan fingerprint density at radius 2 is 2.00 bits per heavy atom. The van der Waals surface area contributed by atoms with E-state index in [0.717, 1.165) is 0 Å². The fourth-order valence-electron chi connectivity index (χ4n) is 4.07. The zero-order valence-corrected chi connectivity index (χ0v) is 15.8. The molecule has 0 bridgehead atoms. The van der Waals surface area contributed by atoms with E-state index in [4.69, 9.17) is 4.98 Å². The molecule has 1 amide bonds. The van der Waals surface area contributed by atoms with Gasteiger partial charge in [0.1, 0.15) is 11.5 Å². The number of nitrogens with zero attached hydrogens (tertiary/aromatic N) is 5. The van der Waals surface area contributed by atoms with Gasteiger partial charge in [-0.15, -0.1) is 0 Å². The van der Waals surface area contributed by atoms with Crippen LogP contribution in [-0.4, -0.2) is 47.8 Å². The fourth-order valence-corrected chi connectivity index (χ4v) is 4.07. The van der Waals surface area contributed by atoms with E-state index in [9.17, 15) is 14.0 Å². The van der Waals surface area contributed by atoms with Crippen LogP contribution in [0.1, 0.15) is 25.8 Å². The minimum Gasteiger partial charge on any atom is -0.343 e. The number of fused-ring (bicyclic) bond motifs is 2. The second-order valence-electron chi connectivity index (χ2n) is 7.32. The molecule has 9 heteroatoms. The molecule has 0 aliphatic carbocycles. The first kappa shape index (κ1) is 17.6. The van der Waals surface area contributed by atoms with Crippen LogP contribution in [-0.2, 0) is 4.79 Å². The van der Waals surface area contributed by atoms with Gasteiger partial charge in [-0.2, -0.15) is 0 Å². The molecule has 1 fully saturated rings. The number of likely N-dealkylation sites (tertiary alicyclic amines) is 1. The standard InChI is InChI=1S/C20H19FN6O2/c1-12(28)25-8-6-14(7-9-25)27-19-16(24-20(27)29)4-3-15(23-19)17-10-22-18-5-2-13(21)11-26(17)18/h2-5,10-11,14H,6-9H2,1H3,(H,24,29). The highest BCUT2D eigenvalue weighted by molar-refractivity contribution is 5.75. The molecule has 5 heterocycles. The maximum Gasteiger partial charge on any atom is 0.327 e. The van der Waals surface area contributed by atoms with Gasteiger partial charge in [0.15, 0.2) is 5.65 Å². The van der Waals surface area contributed by atoms with E-state index in [2.05, 4.69) is 9.97 Å². The van der Waals surface area contributed by atoms with Gasteiger partial charge in [0.05, 0.1) is 23.1 Å². The number of rotatable bonds is 2. The van der Waals surface area contributed by atoms with Crippen molar-refractivity contribution in [1.82, 2.24) is 28.8 Å². The number of imidazole rings is 2. The molecule has 0 saturated carbocycles. The molecule has 29 heavy (non-hydrogen) atoms. The molecule has 0 spiro atoms. The Hall–Kier alpha value is -3.49. The van der Waals surface area contributed by atoms with Crippen molar-refractivity contribution < 1.29 is 9.18 Å². The number of nitrogens with one attached hydrogen (secondary N) is 1. The second kappa shape index (κ2) is 6.54. The first-order valence-corrected chi connectivity index (χ1v) is 9.51. The Morgan fingerprint density at radius 1 is 1.21 bits per heavy atom. The van der Waals surface area contributed by atoms with Crippen LogP contribution in [0.3, 0.4) is 0 Å². The van der Waals surface area contributed by atoms with Crippen molar-refractivity contribution in [2.24, 2.45) is 0 Å². The maximum absolute atomic E-state index is 13.7. The van der Waals surface area contributed by atoms with Crippen molar-refractivity contribution in [1.29, 1.82) is 0 Å². The lowest BCUT2D eigenvalue weighted by Crippen LogP contribution is -2.39. The quantitative estimate of drug-likeness (QED) is 0.565. The van der Waals surface area contributed by atoms with Gasteiger partial charge in [0.2, 0.25) is 5.91 Å². The number of pyridine rings is 2. The highest BCUT2D eigenvalue weighted by atomic mass is 19.1. The largest absolute Gasteiger partial charge is 0.343 e. The summed E-state index contributed by atoms with van der Waals surface area (Å²) in [5.74, 6) is -0.316. The van der Waals surface area contributed by atoms with E-state index in [1.165, 1.54) is 12.3 Å². The van der Waals surface area contributed by atoms with E-state index in [1.54, 1.807) is 45.2 Å². The summed E-state index contributed by atoms with van der Waals surface area (Å²) in [4.78, 5) is 37.9. The Bertz CT molecular complexity index is 1300. The molecule has 1 aliphatic heterocycles. The number of carbonyl (C=O) groups is 1. The third kappa shape index (κ3) is 2.89. The summed E-state index contributed by atoms with van der Waals surface area (Å²) in [5.41, 5.74) is 2.85. The van der Waals surface area contributed by atoms with Gasteiger partial charge in [-0.25, -0.2) is 19.2 Å². The third-order valence-corrected chi connectivity index (χ3v) is 5.57. The highest BCUT2D eigenvalue weighted by Crippen LogP contribution is 2.26. The number of carbonyl (C=O) groups excluding carboxylic acids is 1. The summed E-state index contributed by atoms with van der Waals surface area (Å²) in [6, 6.07) is 6.52. The molecule has 1 saturated heterocycles. The van der Waals surface area contributed by atoms with E-state index in [0.29, 0.717) is 54.1 Å². The van der Waals surface area contributed by atoms with Crippen LogP contribution >= 0.6 is 0 Å². The molecule has 1 aliphatic rings. The predicted octanol–water partition coefficient (Wildman–Crippen LogP) is 2.36. The van der Waals surface area contributed by atoms with Crippen molar-refractivity contribution >= 4 is 22.7 Å². The molecule has 1 N–H and O–H groups in total. The van der Waals surface area contributed by atoms with Gasteiger partial charge >= 0.3 is 5.69 Å². The number of amides is 1. The SMILES string of the molecule is CC(=O)N1CCC(n2c(=O)[nH]c3ccc(-c4cnc5ccc(F)cn45)nc32)CC1. The lowest BCUT2D eigenvalue weighted by atomic mass is 10.0. The Morgan fingerprint density at radius 3 is 2.76 bits per heavy atom. The Kier molecular flexibility index (Phi) is 3.97. The molecule has 0 aromatic carbocycles. The van der Waals surface area contributed by atoms with Gasteiger partial charge in [-0.1, -0.05) is 0 Å². The van der Waals surface area contributed by atoms with E-state index in [1.807, 2.05) is 0 Å². The normalized spacial score (nSPS) is 15.4. The zero-order chi connectivity index (χ0) is 20.1. The van der Waals surface area contributed by atoms with Crippen LogP contribution in [0.2, 0.25) is 0 Å². The molecule has 8 nitrogen and oxygen atoms in total. The molecule has 4 aromatic heterocycles. The highest BCUT2D eigenvalue weighted by Gasteiger charge is 2.25. The maximum atomic E-state index is 13.7. The van der Waals surface area contributed by atoms with Gasteiger partial charge in [0.25, 0.3) is 0 Å². The number of halogens is 1. The first-order valence-electron chi connectivity index (χ1n) is 9.51. The number of aromatic nitrogens is 5. The summed E-state index contributed by atoms with van der Waals surface area (Å²) in [5, 5.41) is 0. The lowest BCUT2D eigenvalue weighted by molar-refractivity contribution is -0.130. The molecule has 0 radical (unpaired) electrons. The van der Waals surface area contributed by atoms with Crippen molar-refractivity contribution in [3.05, 3.63) is 53.0 Å². The summed E-state index contributed by atoms with van der Waals surface area (Å²) in [6.07, 6.45) is 4.40. The summed E-state index contributed by atoms with van der Waals surface area (Å²) in [6.45, 7) is 2.79. The average Bonchev–Trinajstić information content (AvgIpc) is 3.27. The number of piperidine rings is 1. The van der Waals surface area contributed by atoms with Crippen LogP contribution in [0.25, 0.3) is 28.2 Å². The second-order valence-corrected chi connectivity index (χ2v) is 7.32. The number of H-pyrrole nitrogens is 1. The molecular formula is C20H19FN6O2. The van der Waals surface area contributed by atoms with Crippen molar-refractivity contribution in [2.45, 2.75) is 25.8 Å². The van der Waals surface area contributed by atoms with Crippen molar-refractivity contribution in [2.75, 3.05) is 13.1 Å². The van der Waals surface area contributed by atoms with Crippen LogP contribution in [0.5, 0.6) is 0 Å². The minimum atomic E-state index is -0.367. The topological polar surface area (TPSA) is 88.3 Å². The molecule has 5 rings (SSSR count). The average molecular weight is 394 g/mol. The lowest BCUT2D eigenvalue weighted by Gasteiger charge is -2.31. The molecular weight excluding hydrogens is 375 g/mol. The monoisotopic (exact) mass is 394 g/mol. The van der Waals surface area contributed by atoms with E-state index >= 15 is 0 Å².